The molecule has 0 saturated heterocycles. The summed E-state index contributed by atoms with van der Waals surface area (Å²) >= 11 is 0. The molecule has 4 saturated carbocycles. The number of nitrogens with zero attached hydrogens (tertiary/aromatic N) is 1. The van der Waals surface area contributed by atoms with Gasteiger partial charge in [-0.3, -0.25) is 9.10 Å². The number of nitrogens with one attached hydrogen (secondary N) is 1. The lowest BCUT2D eigenvalue weighted by Gasteiger charge is -2.57. The van der Waals surface area contributed by atoms with Crippen LogP contribution in [0, 0.1) is 24.7 Å². The molecule has 1 N–H and O–H groups in total. The van der Waals surface area contributed by atoms with Crippen LogP contribution >= 0.6 is 0 Å². The normalized spacial score (nSPS) is 25.8. The fourth-order valence-electron chi connectivity index (χ4n) is 7.61. The van der Waals surface area contributed by atoms with Crippen LogP contribution in [0.25, 0.3) is 0 Å². The van der Waals surface area contributed by atoms with Gasteiger partial charge in [-0.05, 0) is 116 Å². The first-order valence-electron chi connectivity index (χ1n) is 13.7. The van der Waals surface area contributed by atoms with Gasteiger partial charge in [0.1, 0.15) is 0 Å². The zero-order valence-corrected chi connectivity index (χ0v) is 23.0. The maximum Gasteiger partial charge on any atom is 0.255 e. The number of rotatable bonds is 7. The molecule has 0 heterocycles. The van der Waals surface area contributed by atoms with E-state index in [1.54, 1.807) is 24.3 Å². The van der Waals surface area contributed by atoms with E-state index in [1.807, 2.05) is 43.3 Å². The molecule has 0 unspecified atom stereocenters. The Kier molecular flexibility index (Phi) is 6.34. The van der Waals surface area contributed by atoms with Gasteiger partial charge in [0.15, 0.2) is 0 Å². The van der Waals surface area contributed by atoms with E-state index in [2.05, 4.69) is 17.4 Å². The molecule has 6 heteroatoms. The van der Waals surface area contributed by atoms with Crippen molar-refractivity contribution < 1.29 is 13.2 Å². The van der Waals surface area contributed by atoms with Gasteiger partial charge in [0, 0.05) is 11.3 Å². The summed E-state index contributed by atoms with van der Waals surface area (Å²) in [5.74, 6) is 2.50. The minimum atomic E-state index is -3.50. The number of aryl methyl sites for hydroxylation is 1. The number of hydrogen-bond donors (Lipinski definition) is 1. The minimum absolute atomic E-state index is 0.205. The Hall–Kier alpha value is -3.12. The van der Waals surface area contributed by atoms with Crippen molar-refractivity contribution in [1.29, 1.82) is 0 Å². The number of hydrogen-bond acceptors (Lipinski definition) is 3. The smallest absolute Gasteiger partial charge is 0.255 e. The summed E-state index contributed by atoms with van der Waals surface area (Å²) in [5, 5.41) is 3.01. The van der Waals surface area contributed by atoms with Crippen LogP contribution in [0.15, 0.2) is 72.8 Å². The van der Waals surface area contributed by atoms with Crippen molar-refractivity contribution in [3.05, 3.63) is 95.1 Å². The quantitative estimate of drug-likeness (QED) is 0.372. The van der Waals surface area contributed by atoms with E-state index in [0.29, 0.717) is 16.7 Å². The molecule has 7 rings (SSSR count). The number of anilines is 2. The summed E-state index contributed by atoms with van der Waals surface area (Å²) < 4.78 is 26.4. The van der Waals surface area contributed by atoms with Gasteiger partial charge in [-0.2, -0.15) is 0 Å². The summed E-state index contributed by atoms with van der Waals surface area (Å²) in [6.45, 7) is 2.24. The Morgan fingerprint density at radius 3 is 1.92 bits per heavy atom. The van der Waals surface area contributed by atoms with Gasteiger partial charge in [-0.1, -0.05) is 42.0 Å². The topological polar surface area (TPSA) is 66.5 Å². The number of carbonyl (C=O) groups is 1. The molecule has 0 atom stereocenters. The molecule has 4 bridgehead atoms. The van der Waals surface area contributed by atoms with Gasteiger partial charge in [-0.15, -0.1) is 0 Å². The van der Waals surface area contributed by atoms with Gasteiger partial charge < -0.3 is 5.32 Å². The first-order valence-corrected chi connectivity index (χ1v) is 15.6. The van der Waals surface area contributed by atoms with Gasteiger partial charge in [-0.25, -0.2) is 8.42 Å². The predicted octanol–water partition coefficient (Wildman–Crippen LogP) is 6.68. The van der Waals surface area contributed by atoms with Crippen LogP contribution in [0.5, 0.6) is 0 Å². The lowest BCUT2D eigenvalue weighted by Crippen LogP contribution is -2.48. The molecular weight excluding hydrogens is 492 g/mol. The fourth-order valence-corrected chi connectivity index (χ4v) is 8.50. The Labute approximate surface area is 226 Å². The molecule has 1 amide bonds. The maximum atomic E-state index is 13.0. The Morgan fingerprint density at radius 1 is 0.842 bits per heavy atom. The second-order valence-electron chi connectivity index (χ2n) is 12.0. The van der Waals surface area contributed by atoms with E-state index < -0.39 is 10.0 Å². The molecule has 0 aromatic heterocycles. The molecule has 198 valence electrons. The van der Waals surface area contributed by atoms with Crippen molar-refractivity contribution in [1.82, 2.24) is 0 Å². The standard InChI is InChI=1S/C32H36N2O3S/c1-22-3-5-23(6-4-22)21-34(38(2,36)37)30-13-7-27(8-14-30)31(35)33-29-11-9-28(10-12-29)32-18-24-15-25(19-32)17-26(16-24)20-32/h3-14,24-26H,15-21H2,1-2H3,(H,33,35). The third-order valence-electron chi connectivity index (χ3n) is 9.06. The van der Waals surface area contributed by atoms with Crippen LogP contribution in [0.1, 0.15) is 65.6 Å². The summed E-state index contributed by atoms with van der Waals surface area (Å²) in [4.78, 5) is 13.0. The molecule has 3 aromatic rings. The maximum absolute atomic E-state index is 13.0. The van der Waals surface area contributed by atoms with Gasteiger partial charge >= 0.3 is 0 Å². The predicted molar refractivity (Wildman–Crippen MR) is 153 cm³/mol. The van der Waals surface area contributed by atoms with E-state index in [-0.39, 0.29) is 12.5 Å². The van der Waals surface area contributed by atoms with Crippen LogP contribution in [-0.2, 0) is 22.0 Å². The van der Waals surface area contributed by atoms with Crippen LogP contribution in [0.2, 0.25) is 0 Å². The third kappa shape index (κ3) is 4.98. The highest BCUT2D eigenvalue weighted by Crippen LogP contribution is 2.60. The van der Waals surface area contributed by atoms with Crippen molar-refractivity contribution in [2.75, 3.05) is 15.9 Å². The number of amides is 1. The van der Waals surface area contributed by atoms with Crippen LogP contribution in [-0.4, -0.2) is 20.6 Å². The van der Waals surface area contributed by atoms with Crippen molar-refractivity contribution >= 4 is 27.3 Å². The molecule has 0 aliphatic heterocycles. The zero-order chi connectivity index (χ0) is 26.5. The minimum Gasteiger partial charge on any atom is -0.322 e. The average Bonchev–Trinajstić information content (AvgIpc) is 2.87. The van der Waals surface area contributed by atoms with Gasteiger partial charge in [0.05, 0.1) is 18.5 Å². The molecule has 5 nitrogen and oxygen atoms in total. The molecule has 4 aliphatic carbocycles. The monoisotopic (exact) mass is 528 g/mol. The lowest BCUT2D eigenvalue weighted by molar-refractivity contribution is -0.00518. The molecule has 4 aliphatic rings. The van der Waals surface area contributed by atoms with Crippen molar-refractivity contribution in [2.45, 2.75) is 57.4 Å². The van der Waals surface area contributed by atoms with Gasteiger partial charge in [0.25, 0.3) is 5.91 Å². The van der Waals surface area contributed by atoms with Crippen LogP contribution < -0.4 is 9.62 Å². The number of benzene rings is 3. The van der Waals surface area contributed by atoms with Crippen LogP contribution in [0.3, 0.4) is 0 Å². The van der Waals surface area contributed by atoms with Crippen molar-refractivity contribution in [2.24, 2.45) is 17.8 Å². The zero-order valence-electron chi connectivity index (χ0n) is 22.2. The first kappa shape index (κ1) is 25.2. The largest absolute Gasteiger partial charge is 0.322 e. The summed E-state index contributed by atoms with van der Waals surface area (Å²) in [7, 11) is -3.50. The van der Waals surface area contributed by atoms with Crippen LogP contribution in [0.4, 0.5) is 11.4 Å². The highest BCUT2D eigenvalue weighted by atomic mass is 32.2. The highest BCUT2D eigenvalue weighted by molar-refractivity contribution is 7.92. The van der Waals surface area contributed by atoms with Gasteiger partial charge in [0.2, 0.25) is 10.0 Å². The molecule has 38 heavy (non-hydrogen) atoms. The Bertz CT molecular complexity index is 1390. The molecular formula is C32H36N2O3S. The molecule has 0 radical (unpaired) electrons. The van der Waals surface area contributed by atoms with E-state index in [4.69, 9.17) is 0 Å². The van der Waals surface area contributed by atoms with E-state index in [0.717, 1.165) is 34.6 Å². The highest BCUT2D eigenvalue weighted by Gasteiger charge is 2.51. The van der Waals surface area contributed by atoms with E-state index in [1.165, 1.54) is 54.6 Å². The average molecular weight is 529 g/mol. The number of carbonyl (C=O) groups excluding carboxylic acids is 1. The van der Waals surface area contributed by atoms with Crippen molar-refractivity contribution in [3.63, 3.8) is 0 Å². The third-order valence-corrected chi connectivity index (χ3v) is 10.2. The second kappa shape index (κ2) is 9.57. The second-order valence-corrected chi connectivity index (χ2v) is 13.9. The molecule has 3 aromatic carbocycles. The summed E-state index contributed by atoms with van der Waals surface area (Å²) in [6, 6.07) is 23.1. The van der Waals surface area contributed by atoms with E-state index >= 15 is 0 Å². The molecule has 4 fully saturated rings. The fraction of sp³-hybridized carbons (Fsp3) is 0.406. The lowest BCUT2D eigenvalue weighted by atomic mass is 9.48. The van der Waals surface area contributed by atoms with Crippen molar-refractivity contribution in [3.8, 4) is 0 Å². The Balaban J connectivity index is 1.14. The Morgan fingerprint density at radius 2 is 1.39 bits per heavy atom. The molecule has 0 spiro atoms. The van der Waals surface area contributed by atoms with E-state index in [9.17, 15) is 13.2 Å². The SMILES string of the molecule is Cc1ccc(CN(c2ccc(C(=O)Nc3ccc(C45CC6CC(CC(C6)C4)C5)cc3)cc2)S(C)(=O)=O)cc1. The summed E-state index contributed by atoms with van der Waals surface area (Å²) in [5.41, 5.74) is 5.61. The number of sulfonamides is 1. The first-order chi connectivity index (χ1) is 18.2. The summed E-state index contributed by atoms with van der Waals surface area (Å²) in [6.07, 6.45) is 9.47.